The van der Waals surface area contributed by atoms with Crippen molar-refractivity contribution >= 4 is 40.6 Å². The Morgan fingerprint density at radius 2 is 1.76 bits per heavy atom. The van der Waals surface area contributed by atoms with Crippen LogP contribution in [-0.2, 0) is 16.2 Å². The second kappa shape index (κ2) is 11.3. The maximum absolute atomic E-state index is 13.9. The minimum atomic E-state index is -0.551. The first-order valence-electron chi connectivity index (χ1n) is 11.4. The number of hydrogen-bond donors (Lipinski definition) is 1. The molecule has 0 spiro atoms. The van der Waals surface area contributed by atoms with E-state index in [1.807, 2.05) is 32.0 Å². The van der Waals surface area contributed by atoms with Crippen LogP contribution in [0.4, 0.5) is 14.9 Å². The fourth-order valence-corrected chi connectivity index (χ4v) is 4.68. The zero-order chi connectivity index (χ0) is 26.5. The lowest BCUT2D eigenvalue weighted by molar-refractivity contribution is -0.127. The summed E-state index contributed by atoms with van der Waals surface area (Å²) < 4.78 is 25.0. The molecule has 190 valence electrons. The maximum Gasteiger partial charge on any atom is 0.294 e. The van der Waals surface area contributed by atoms with Crippen LogP contribution >= 0.6 is 11.8 Å². The van der Waals surface area contributed by atoms with E-state index < -0.39 is 17.1 Å². The third kappa shape index (κ3) is 6.37. The van der Waals surface area contributed by atoms with E-state index in [1.165, 1.54) is 13.2 Å². The van der Waals surface area contributed by atoms with Gasteiger partial charge in [-0.2, -0.15) is 0 Å². The number of hydrogen-bond acceptors (Lipinski definition) is 6. The van der Waals surface area contributed by atoms with Gasteiger partial charge in [0.05, 0.1) is 12.0 Å². The Hall–Kier alpha value is -4.11. The van der Waals surface area contributed by atoms with Crippen molar-refractivity contribution in [1.29, 1.82) is 0 Å². The molecule has 7 nitrogen and oxygen atoms in total. The molecule has 3 aromatic rings. The monoisotopic (exact) mass is 520 g/mol. The van der Waals surface area contributed by atoms with Gasteiger partial charge in [0.1, 0.15) is 19.0 Å². The Kier molecular flexibility index (Phi) is 7.93. The zero-order valence-corrected chi connectivity index (χ0v) is 21.4. The lowest BCUT2D eigenvalue weighted by atomic mass is 10.1. The summed E-state index contributed by atoms with van der Waals surface area (Å²) in [7, 11) is 1.47. The quantitative estimate of drug-likeness (QED) is 0.383. The van der Waals surface area contributed by atoms with Gasteiger partial charge in [0.2, 0.25) is 5.91 Å². The molecule has 1 saturated heterocycles. The molecule has 0 aromatic heterocycles. The fraction of sp³-hybridized carbons (Fsp3) is 0.179. The Morgan fingerprint density at radius 1 is 1.03 bits per heavy atom. The number of halogens is 1. The van der Waals surface area contributed by atoms with Gasteiger partial charge in [0.15, 0.2) is 11.5 Å². The predicted molar refractivity (Wildman–Crippen MR) is 141 cm³/mol. The van der Waals surface area contributed by atoms with E-state index in [9.17, 15) is 18.8 Å². The molecule has 1 fully saturated rings. The average molecular weight is 521 g/mol. The lowest BCUT2D eigenvalue weighted by Crippen LogP contribution is -2.36. The van der Waals surface area contributed by atoms with E-state index in [-0.39, 0.29) is 23.9 Å². The number of thioether (sulfide) groups is 1. The van der Waals surface area contributed by atoms with Crippen LogP contribution in [0.2, 0.25) is 0 Å². The average Bonchev–Trinajstić information content (AvgIpc) is 3.10. The summed E-state index contributed by atoms with van der Waals surface area (Å²) in [5.41, 5.74) is 3.59. The highest BCUT2D eigenvalue weighted by Gasteiger charge is 2.36. The van der Waals surface area contributed by atoms with Gasteiger partial charge < -0.3 is 14.8 Å². The van der Waals surface area contributed by atoms with E-state index in [0.29, 0.717) is 28.3 Å². The third-order valence-electron chi connectivity index (χ3n) is 5.51. The summed E-state index contributed by atoms with van der Waals surface area (Å²) in [6, 6.07) is 16.9. The first-order chi connectivity index (χ1) is 17.7. The molecule has 1 aliphatic rings. The van der Waals surface area contributed by atoms with Gasteiger partial charge in [-0.3, -0.25) is 19.3 Å². The highest BCUT2D eigenvalue weighted by Crippen LogP contribution is 2.35. The van der Waals surface area contributed by atoms with Crippen LogP contribution in [0.25, 0.3) is 6.08 Å². The minimum Gasteiger partial charge on any atom is -0.493 e. The highest BCUT2D eigenvalue weighted by molar-refractivity contribution is 8.18. The van der Waals surface area contributed by atoms with Gasteiger partial charge in [-0.15, -0.1) is 0 Å². The number of imide groups is 1. The summed E-state index contributed by atoms with van der Waals surface area (Å²) >= 11 is 0.761. The van der Waals surface area contributed by atoms with Gasteiger partial charge >= 0.3 is 0 Å². The molecule has 3 aromatic carbocycles. The van der Waals surface area contributed by atoms with E-state index >= 15 is 0 Å². The van der Waals surface area contributed by atoms with E-state index in [2.05, 4.69) is 5.32 Å². The molecular formula is C28H25FN2O5S. The Morgan fingerprint density at radius 3 is 2.46 bits per heavy atom. The number of nitrogens with zero attached hydrogens (tertiary/aromatic N) is 1. The van der Waals surface area contributed by atoms with E-state index in [4.69, 9.17) is 9.47 Å². The lowest BCUT2D eigenvalue weighted by Gasteiger charge is -2.13. The molecule has 1 heterocycles. The van der Waals surface area contributed by atoms with Crippen molar-refractivity contribution in [3.8, 4) is 11.5 Å². The highest BCUT2D eigenvalue weighted by atomic mass is 32.2. The standard InChI is InChI=1S/C28H25FN2O5S/c1-17-10-18(2)12-21(11-17)30-26(32)15-31-27(33)25(37-28(31)34)14-19-8-9-23(24(13-19)35-3)36-16-20-6-4-5-7-22(20)29/h4-14H,15-16H2,1-3H3,(H,30,32)/b25-14+. The molecule has 3 amide bonds. The number of benzene rings is 3. The van der Waals surface area contributed by atoms with Gasteiger partial charge in [-0.05, 0) is 78.7 Å². The van der Waals surface area contributed by atoms with Gasteiger partial charge in [0, 0.05) is 11.3 Å². The van der Waals surface area contributed by atoms with Crippen molar-refractivity contribution in [3.63, 3.8) is 0 Å². The molecule has 0 aliphatic carbocycles. The molecule has 9 heteroatoms. The zero-order valence-electron chi connectivity index (χ0n) is 20.5. The summed E-state index contributed by atoms with van der Waals surface area (Å²) in [6.45, 7) is 3.47. The Labute approximate surface area is 218 Å². The molecule has 0 unspecified atom stereocenters. The number of methoxy groups -OCH3 is 1. The summed E-state index contributed by atoms with van der Waals surface area (Å²) in [4.78, 5) is 39.0. The molecule has 0 radical (unpaired) electrons. The van der Waals surface area contributed by atoms with Crippen LogP contribution in [0, 0.1) is 19.7 Å². The van der Waals surface area contributed by atoms with E-state index in [0.717, 1.165) is 27.8 Å². The van der Waals surface area contributed by atoms with Crippen molar-refractivity contribution in [2.24, 2.45) is 0 Å². The normalized spacial score (nSPS) is 14.3. The summed E-state index contributed by atoms with van der Waals surface area (Å²) in [5, 5.41) is 2.21. The number of carbonyl (C=O) groups is 3. The molecule has 1 aliphatic heterocycles. The Balaban J connectivity index is 1.43. The number of rotatable bonds is 8. The molecule has 0 bridgehead atoms. The molecular weight excluding hydrogens is 495 g/mol. The minimum absolute atomic E-state index is 0.0193. The summed E-state index contributed by atoms with van der Waals surface area (Å²) in [6.07, 6.45) is 1.55. The Bertz CT molecular complexity index is 1380. The number of ether oxygens (including phenoxy) is 2. The van der Waals surface area contributed by atoms with Crippen molar-refractivity contribution in [2.45, 2.75) is 20.5 Å². The number of amides is 3. The van der Waals surface area contributed by atoms with Crippen molar-refractivity contribution in [1.82, 2.24) is 4.90 Å². The first-order valence-corrected chi connectivity index (χ1v) is 12.2. The number of anilines is 1. The molecule has 1 N–H and O–H groups in total. The maximum atomic E-state index is 13.9. The first kappa shape index (κ1) is 26.0. The van der Waals surface area contributed by atoms with Crippen LogP contribution < -0.4 is 14.8 Å². The second-order valence-corrected chi connectivity index (χ2v) is 9.48. The second-order valence-electron chi connectivity index (χ2n) is 8.48. The van der Waals surface area contributed by atoms with Crippen LogP contribution in [0.5, 0.6) is 11.5 Å². The van der Waals surface area contributed by atoms with Crippen molar-refractivity contribution in [2.75, 3.05) is 19.0 Å². The molecule has 4 rings (SSSR count). The molecule has 37 heavy (non-hydrogen) atoms. The predicted octanol–water partition coefficient (Wildman–Crippen LogP) is 5.71. The number of carbonyl (C=O) groups excluding carboxylic acids is 3. The SMILES string of the molecule is COc1cc(/C=C2/SC(=O)N(CC(=O)Nc3cc(C)cc(C)c3)C2=O)ccc1OCc1ccccc1F. The number of aryl methyl sites for hydroxylation is 2. The van der Waals surface area contributed by atoms with Gasteiger partial charge in [0.25, 0.3) is 11.1 Å². The van der Waals surface area contributed by atoms with Crippen LogP contribution in [-0.4, -0.2) is 35.6 Å². The largest absolute Gasteiger partial charge is 0.493 e. The molecule has 0 atom stereocenters. The van der Waals surface area contributed by atoms with Gasteiger partial charge in [-0.1, -0.05) is 30.3 Å². The van der Waals surface area contributed by atoms with Crippen LogP contribution in [0.1, 0.15) is 22.3 Å². The van der Waals surface area contributed by atoms with E-state index in [1.54, 1.807) is 42.5 Å². The molecule has 0 saturated carbocycles. The van der Waals surface area contributed by atoms with Crippen LogP contribution in [0.3, 0.4) is 0 Å². The third-order valence-corrected chi connectivity index (χ3v) is 6.41. The summed E-state index contributed by atoms with van der Waals surface area (Å²) in [5.74, 6) is -0.594. The fourth-order valence-electron chi connectivity index (χ4n) is 3.84. The van der Waals surface area contributed by atoms with Crippen molar-refractivity contribution < 1.29 is 28.2 Å². The van der Waals surface area contributed by atoms with Crippen LogP contribution in [0.15, 0.2) is 65.6 Å². The smallest absolute Gasteiger partial charge is 0.294 e. The van der Waals surface area contributed by atoms with Gasteiger partial charge in [-0.25, -0.2) is 4.39 Å². The topological polar surface area (TPSA) is 84.9 Å². The number of nitrogens with one attached hydrogen (secondary N) is 1. The van der Waals surface area contributed by atoms with Crippen molar-refractivity contribution in [3.05, 3.63) is 93.6 Å².